The molecular formula is C13H11FN2OS. The fourth-order valence-corrected chi connectivity index (χ4v) is 2.16. The minimum atomic E-state index is -0.364. The van der Waals surface area contributed by atoms with Crippen molar-refractivity contribution in [2.75, 3.05) is 6.54 Å². The van der Waals surface area contributed by atoms with Crippen molar-refractivity contribution in [1.29, 1.82) is 0 Å². The van der Waals surface area contributed by atoms with Crippen molar-refractivity contribution in [1.82, 2.24) is 4.57 Å². The monoisotopic (exact) mass is 262 g/mol. The molecule has 1 aromatic heterocycles. The molecule has 0 aliphatic carbocycles. The summed E-state index contributed by atoms with van der Waals surface area (Å²) in [4.78, 5) is 11.3. The molecule has 1 heterocycles. The molecule has 18 heavy (non-hydrogen) atoms. The zero-order valence-corrected chi connectivity index (χ0v) is 10.3. The molecule has 5 heteroatoms. The van der Waals surface area contributed by atoms with E-state index >= 15 is 0 Å². The highest BCUT2D eigenvalue weighted by molar-refractivity contribution is 7.07. The topological polar surface area (TPSA) is 48.0 Å². The van der Waals surface area contributed by atoms with Crippen LogP contribution < -0.4 is 10.6 Å². The Morgan fingerprint density at radius 2 is 2.22 bits per heavy atom. The summed E-state index contributed by atoms with van der Waals surface area (Å²) in [6.45, 7) is 0.577. The number of aromatic nitrogens is 1. The number of hydrogen-bond acceptors (Lipinski definition) is 3. The van der Waals surface area contributed by atoms with Gasteiger partial charge in [0.2, 0.25) is 0 Å². The normalized spacial score (nSPS) is 9.89. The van der Waals surface area contributed by atoms with Gasteiger partial charge in [0.15, 0.2) is 0 Å². The van der Waals surface area contributed by atoms with E-state index in [-0.39, 0.29) is 17.2 Å². The SMILES string of the molecule is NCC#Cc1cc(F)cc(Cn2ccsc2=O)c1. The molecule has 0 atom stereocenters. The molecule has 0 bridgehead atoms. The van der Waals surface area contributed by atoms with E-state index in [4.69, 9.17) is 5.73 Å². The fourth-order valence-electron chi connectivity index (χ4n) is 1.57. The van der Waals surface area contributed by atoms with E-state index in [1.165, 1.54) is 16.7 Å². The number of halogens is 1. The van der Waals surface area contributed by atoms with Crippen molar-refractivity contribution in [3.63, 3.8) is 0 Å². The first-order valence-electron chi connectivity index (χ1n) is 5.31. The summed E-state index contributed by atoms with van der Waals surface area (Å²) in [5.74, 6) is 5.09. The van der Waals surface area contributed by atoms with Crippen LogP contribution in [0.4, 0.5) is 4.39 Å². The second-order valence-corrected chi connectivity index (χ2v) is 4.51. The molecule has 0 radical (unpaired) electrons. The van der Waals surface area contributed by atoms with E-state index in [9.17, 15) is 9.18 Å². The van der Waals surface area contributed by atoms with Crippen LogP contribution in [0.1, 0.15) is 11.1 Å². The molecule has 0 aliphatic heterocycles. The predicted molar refractivity (Wildman–Crippen MR) is 70.0 cm³/mol. The van der Waals surface area contributed by atoms with Crippen LogP contribution in [0.2, 0.25) is 0 Å². The lowest BCUT2D eigenvalue weighted by Gasteiger charge is -2.03. The molecule has 0 spiro atoms. The maximum atomic E-state index is 13.4. The Bertz CT molecular complexity index is 663. The first-order valence-corrected chi connectivity index (χ1v) is 6.19. The predicted octanol–water partition coefficient (Wildman–Crippen LogP) is 1.41. The van der Waals surface area contributed by atoms with Crippen LogP contribution in [0.3, 0.4) is 0 Å². The highest BCUT2D eigenvalue weighted by atomic mass is 32.1. The average Bonchev–Trinajstić information content (AvgIpc) is 2.72. The second kappa shape index (κ2) is 5.63. The van der Waals surface area contributed by atoms with Crippen LogP contribution in [0.5, 0.6) is 0 Å². The molecule has 0 aliphatic rings. The van der Waals surface area contributed by atoms with E-state index in [2.05, 4.69) is 11.8 Å². The van der Waals surface area contributed by atoms with Gasteiger partial charge in [-0.3, -0.25) is 4.79 Å². The first kappa shape index (κ1) is 12.6. The Labute approximate surface area is 108 Å². The third-order valence-corrected chi connectivity index (χ3v) is 2.98. The van der Waals surface area contributed by atoms with Gasteiger partial charge in [-0.15, -0.1) is 0 Å². The molecule has 92 valence electrons. The van der Waals surface area contributed by atoms with Crippen molar-refractivity contribution in [3.8, 4) is 11.8 Å². The van der Waals surface area contributed by atoms with Gasteiger partial charge < -0.3 is 10.3 Å². The molecule has 3 nitrogen and oxygen atoms in total. The van der Waals surface area contributed by atoms with E-state index in [1.807, 2.05) is 0 Å². The maximum absolute atomic E-state index is 13.4. The van der Waals surface area contributed by atoms with E-state index in [0.717, 1.165) is 11.3 Å². The van der Waals surface area contributed by atoms with E-state index < -0.39 is 0 Å². The maximum Gasteiger partial charge on any atom is 0.307 e. The summed E-state index contributed by atoms with van der Waals surface area (Å²) in [5.41, 5.74) is 6.54. The molecular weight excluding hydrogens is 251 g/mol. The van der Waals surface area contributed by atoms with Crippen molar-refractivity contribution < 1.29 is 4.39 Å². The summed E-state index contributed by atoms with van der Waals surface area (Å²) >= 11 is 1.12. The molecule has 0 fully saturated rings. The van der Waals surface area contributed by atoms with Gasteiger partial charge in [0.1, 0.15) is 5.82 Å². The fraction of sp³-hybridized carbons (Fsp3) is 0.154. The standard InChI is InChI=1S/C13H11FN2OS/c14-12-7-10(2-1-3-15)6-11(8-12)9-16-4-5-18-13(16)17/h4-8H,3,9,15H2. The Balaban J connectivity index is 2.31. The van der Waals surface area contributed by atoms with Gasteiger partial charge in [0.25, 0.3) is 0 Å². The average molecular weight is 262 g/mol. The second-order valence-electron chi connectivity index (χ2n) is 3.65. The van der Waals surface area contributed by atoms with Crippen molar-refractivity contribution >= 4 is 11.3 Å². The smallest absolute Gasteiger partial charge is 0.307 e. The zero-order chi connectivity index (χ0) is 13.0. The van der Waals surface area contributed by atoms with E-state index in [1.54, 1.807) is 17.6 Å². The summed E-state index contributed by atoms with van der Waals surface area (Å²) < 4.78 is 14.9. The largest absolute Gasteiger partial charge is 0.320 e. The Kier molecular flexibility index (Phi) is 3.92. The molecule has 2 rings (SSSR count). The molecule has 0 amide bonds. The summed E-state index contributed by atoms with van der Waals surface area (Å²) in [6, 6.07) is 4.51. The minimum Gasteiger partial charge on any atom is -0.320 e. The van der Waals surface area contributed by atoms with Crippen LogP contribution in [0.25, 0.3) is 0 Å². The van der Waals surface area contributed by atoms with Gasteiger partial charge in [0, 0.05) is 17.1 Å². The summed E-state index contributed by atoms with van der Waals surface area (Å²) in [7, 11) is 0. The van der Waals surface area contributed by atoms with Gasteiger partial charge in [-0.1, -0.05) is 23.2 Å². The summed E-state index contributed by atoms with van der Waals surface area (Å²) in [6.07, 6.45) is 1.68. The van der Waals surface area contributed by atoms with Crippen LogP contribution >= 0.6 is 11.3 Å². The molecule has 2 N–H and O–H groups in total. The number of rotatable bonds is 2. The molecule has 0 unspecified atom stereocenters. The Hall–Kier alpha value is -1.90. The van der Waals surface area contributed by atoms with Crippen LogP contribution in [-0.2, 0) is 6.54 Å². The Morgan fingerprint density at radius 1 is 1.39 bits per heavy atom. The lowest BCUT2D eigenvalue weighted by atomic mass is 10.1. The summed E-state index contributed by atoms with van der Waals surface area (Å²) in [5, 5.41) is 1.71. The van der Waals surface area contributed by atoms with Gasteiger partial charge >= 0.3 is 4.87 Å². The van der Waals surface area contributed by atoms with Crippen molar-refractivity contribution in [3.05, 3.63) is 56.4 Å². The zero-order valence-electron chi connectivity index (χ0n) is 9.52. The number of thiazole rings is 1. The first-order chi connectivity index (χ1) is 8.69. The number of benzene rings is 1. The third kappa shape index (κ3) is 3.06. The third-order valence-electron chi connectivity index (χ3n) is 2.29. The van der Waals surface area contributed by atoms with Gasteiger partial charge in [-0.05, 0) is 23.8 Å². The molecule has 0 saturated carbocycles. The number of nitrogens with two attached hydrogens (primary N) is 1. The minimum absolute atomic E-state index is 0.0612. The van der Waals surface area contributed by atoms with Crippen LogP contribution in [0, 0.1) is 17.7 Å². The highest BCUT2D eigenvalue weighted by Gasteiger charge is 2.02. The molecule has 1 aromatic carbocycles. The van der Waals surface area contributed by atoms with Gasteiger partial charge in [-0.2, -0.15) is 0 Å². The molecule has 0 saturated heterocycles. The van der Waals surface area contributed by atoms with Gasteiger partial charge in [-0.25, -0.2) is 4.39 Å². The Morgan fingerprint density at radius 3 is 2.89 bits per heavy atom. The van der Waals surface area contributed by atoms with Gasteiger partial charge in [0.05, 0.1) is 13.1 Å². The number of nitrogens with zero attached hydrogens (tertiary/aromatic N) is 1. The lowest BCUT2D eigenvalue weighted by molar-refractivity contribution is 0.622. The quantitative estimate of drug-likeness (QED) is 0.832. The van der Waals surface area contributed by atoms with Crippen molar-refractivity contribution in [2.45, 2.75) is 6.54 Å². The van der Waals surface area contributed by atoms with E-state index in [0.29, 0.717) is 17.7 Å². The number of hydrogen-bond donors (Lipinski definition) is 1. The molecule has 2 aromatic rings. The van der Waals surface area contributed by atoms with Crippen LogP contribution in [0.15, 0.2) is 34.6 Å². The van der Waals surface area contributed by atoms with Crippen LogP contribution in [-0.4, -0.2) is 11.1 Å². The lowest BCUT2D eigenvalue weighted by Crippen LogP contribution is -2.12. The van der Waals surface area contributed by atoms with Crippen molar-refractivity contribution in [2.24, 2.45) is 5.73 Å². The highest BCUT2D eigenvalue weighted by Crippen LogP contribution is 2.10.